The van der Waals surface area contributed by atoms with Gasteiger partial charge in [0.15, 0.2) is 11.6 Å². The van der Waals surface area contributed by atoms with E-state index in [2.05, 4.69) is 0 Å². The molecule has 0 saturated heterocycles. The second-order valence-electron chi connectivity index (χ2n) is 11.1. The molecule has 0 aromatic carbocycles. The van der Waals surface area contributed by atoms with Crippen LogP contribution in [0.25, 0.3) is 0 Å². The zero-order valence-electron chi connectivity index (χ0n) is 19.8. The predicted octanol–water partition coefficient (Wildman–Crippen LogP) is 3.05. The molecule has 8 heteroatoms. The van der Waals surface area contributed by atoms with E-state index in [0.717, 1.165) is 0 Å². The van der Waals surface area contributed by atoms with E-state index in [1.54, 1.807) is 6.08 Å². The summed E-state index contributed by atoms with van der Waals surface area (Å²) in [6, 6.07) is 0. The summed E-state index contributed by atoms with van der Waals surface area (Å²) in [5, 5.41) is 20.1. The molecule has 9 atom stereocenters. The highest BCUT2D eigenvalue weighted by Crippen LogP contribution is 2.67. The number of aliphatic carboxylic acids is 1. The predicted molar refractivity (Wildman–Crippen MR) is 119 cm³/mol. The standard InChI is InChI=1S/C26H33FO7/c1-13-8-16-15-10-18(27)17-9-14(28)6-7-25(17,2)24(15)19(29)11-26(16,3)23(13)20(30)12-34-22(33)5-4-21(31)32/h6-7,9,13,15-16,18-19,23-24,29H,4-5,8,10-12H2,1-3H3,(H,31,32)/t13-,15?,16?,18+,19+,23-,24?,25+,26+/m1/s1. The number of carboxylic acid groups (broad SMARTS) is 1. The number of rotatable bonds is 6. The number of ether oxygens (including phenoxy) is 1. The first kappa shape index (κ1) is 24.8. The number of carbonyl (C=O) groups excluding carboxylic acids is 3. The van der Waals surface area contributed by atoms with Crippen molar-refractivity contribution in [2.24, 2.45) is 40.4 Å². The van der Waals surface area contributed by atoms with Crippen LogP contribution < -0.4 is 0 Å². The number of aliphatic hydroxyl groups excluding tert-OH is 1. The van der Waals surface area contributed by atoms with Crippen molar-refractivity contribution in [2.75, 3.05) is 6.61 Å². The summed E-state index contributed by atoms with van der Waals surface area (Å²) in [7, 11) is 0. The van der Waals surface area contributed by atoms with Gasteiger partial charge in [-0.05, 0) is 60.2 Å². The zero-order valence-corrected chi connectivity index (χ0v) is 19.8. The fourth-order valence-corrected chi connectivity index (χ4v) is 7.91. The molecule has 3 fully saturated rings. The number of hydrogen-bond acceptors (Lipinski definition) is 6. The molecule has 34 heavy (non-hydrogen) atoms. The number of hydrogen-bond donors (Lipinski definition) is 2. The van der Waals surface area contributed by atoms with E-state index in [-0.39, 0.29) is 54.5 Å². The number of carbonyl (C=O) groups is 4. The Morgan fingerprint density at radius 1 is 1.21 bits per heavy atom. The van der Waals surface area contributed by atoms with Crippen LogP contribution in [0.4, 0.5) is 4.39 Å². The zero-order chi connectivity index (χ0) is 25.0. The molecule has 0 bridgehead atoms. The lowest BCUT2D eigenvalue weighted by atomic mass is 9.46. The Morgan fingerprint density at radius 3 is 2.59 bits per heavy atom. The second kappa shape index (κ2) is 8.70. The van der Waals surface area contributed by atoms with Gasteiger partial charge in [-0.1, -0.05) is 26.8 Å². The van der Waals surface area contributed by atoms with Crippen LogP contribution in [0.15, 0.2) is 23.8 Å². The SMILES string of the molecule is C[C@@H]1CC2C3C[C@H](F)C4=CC(=O)C=C[C@]4(C)C3[C@@H](O)C[C@]2(C)[C@H]1C(=O)COC(=O)CCC(=O)O. The Labute approximate surface area is 198 Å². The Kier molecular flexibility index (Phi) is 6.34. The maximum atomic E-state index is 15.4. The monoisotopic (exact) mass is 476 g/mol. The maximum absolute atomic E-state index is 15.4. The largest absolute Gasteiger partial charge is 0.481 e. The number of ketones is 2. The van der Waals surface area contributed by atoms with Crippen molar-refractivity contribution < 1.29 is 38.5 Å². The van der Waals surface area contributed by atoms with Crippen LogP contribution in [0, 0.1) is 40.4 Å². The van der Waals surface area contributed by atoms with Gasteiger partial charge in [0, 0.05) is 17.3 Å². The maximum Gasteiger partial charge on any atom is 0.306 e. The molecule has 3 unspecified atom stereocenters. The van der Waals surface area contributed by atoms with Crippen LogP contribution >= 0.6 is 0 Å². The molecule has 4 aliphatic carbocycles. The smallest absolute Gasteiger partial charge is 0.306 e. The number of carboxylic acids is 1. The molecule has 0 aromatic heterocycles. The van der Waals surface area contributed by atoms with Crippen molar-refractivity contribution in [3.05, 3.63) is 23.8 Å². The van der Waals surface area contributed by atoms with Gasteiger partial charge >= 0.3 is 11.9 Å². The van der Waals surface area contributed by atoms with Gasteiger partial charge in [-0.25, -0.2) is 4.39 Å². The highest BCUT2D eigenvalue weighted by atomic mass is 19.1. The van der Waals surface area contributed by atoms with Crippen LogP contribution in [0.5, 0.6) is 0 Å². The normalized spacial score (nSPS) is 42.8. The number of halogens is 1. The van der Waals surface area contributed by atoms with Crippen molar-refractivity contribution in [3.8, 4) is 0 Å². The third kappa shape index (κ3) is 3.93. The molecule has 0 amide bonds. The summed E-state index contributed by atoms with van der Waals surface area (Å²) in [6.45, 7) is 5.42. The quantitative estimate of drug-likeness (QED) is 0.566. The molecule has 0 radical (unpaired) electrons. The van der Waals surface area contributed by atoms with Gasteiger partial charge < -0.3 is 14.9 Å². The van der Waals surface area contributed by atoms with Gasteiger partial charge in [-0.2, -0.15) is 0 Å². The van der Waals surface area contributed by atoms with Gasteiger partial charge in [0.25, 0.3) is 0 Å². The van der Waals surface area contributed by atoms with E-state index in [9.17, 15) is 24.3 Å². The van der Waals surface area contributed by atoms with E-state index in [1.807, 2.05) is 20.8 Å². The third-order valence-corrected chi connectivity index (χ3v) is 9.08. The number of aliphatic hydroxyl groups is 1. The minimum Gasteiger partial charge on any atom is -0.481 e. The number of esters is 1. The van der Waals surface area contributed by atoms with Gasteiger partial charge in [0.2, 0.25) is 0 Å². The Balaban J connectivity index is 1.56. The summed E-state index contributed by atoms with van der Waals surface area (Å²) >= 11 is 0. The molecule has 0 spiro atoms. The molecule has 4 aliphatic rings. The van der Waals surface area contributed by atoms with Gasteiger partial charge in [-0.15, -0.1) is 0 Å². The second-order valence-corrected chi connectivity index (χ2v) is 11.1. The summed E-state index contributed by atoms with van der Waals surface area (Å²) in [5.41, 5.74) is -0.881. The summed E-state index contributed by atoms with van der Waals surface area (Å²) < 4.78 is 20.5. The number of Topliss-reactive ketones (excluding diaryl/α,β-unsaturated/α-hetero) is 1. The Hall–Kier alpha value is -2.35. The number of allylic oxidation sites excluding steroid dienone is 4. The fraction of sp³-hybridized carbons (Fsp3) is 0.692. The van der Waals surface area contributed by atoms with E-state index in [1.165, 1.54) is 12.2 Å². The van der Waals surface area contributed by atoms with Crippen molar-refractivity contribution in [1.82, 2.24) is 0 Å². The highest BCUT2D eigenvalue weighted by Gasteiger charge is 2.65. The molecule has 7 nitrogen and oxygen atoms in total. The van der Waals surface area contributed by atoms with Crippen LogP contribution in [-0.4, -0.2) is 52.6 Å². The fourth-order valence-electron chi connectivity index (χ4n) is 7.91. The number of fused-ring (bicyclic) bond motifs is 5. The van der Waals surface area contributed by atoms with Crippen molar-refractivity contribution in [2.45, 2.75) is 65.2 Å². The molecule has 2 N–H and O–H groups in total. The van der Waals surface area contributed by atoms with Gasteiger partial charge in [0.1, 0.15) is 12.8 Å². The summed E-state index contributed by atoms with van der Waals surface area (Å²) in [4.78, 5) is 47.6. The summed E-state index contributed by atoms with van der Waals surface area (Å²) in [6.07, 6.45) is 3.16. The first-order valence-corrected chi connectivity index (χ1v) is 12.1. The molecular weight excluding hydrogens is 443 g/mol. The highest BCUT2D eigenvalue weighted by molar-refractivity contribution is 6.01. The van der Waals surface area contributed by atoms with E-state index < -0.39 is 47.6 Å². The van der Waals surface area contributed by atoms with Crippen LogP contribution in [0.3, 0.4) is 0 Å². The lowest BCUT2D eigenvalue weighted by Gasteiger charge is -2.59. The average molecular weight is 477 g/mol. The van der Waals surface area contributed by atoms with Crippen LogP contribution in [-0.2, 0) is 23.9 Å². The van der Waals surface area contributed by atoms with Crippen molar-refractivity contribution in [1.29, 1.82) is 0 Å². The van der Waals surface area contributed by atoms with Gasteiger partial charge in [0.05, 0.1) is 18.9 Å². The molecule has 3 saturated carbocycles. The Bertz CT molecular complexity index is 970. The minimum atomic E-state index is -1.28. The molecule has 0 aliphatic heterocycles. The third-order valence-electron chi connectivity index (χ3n) is 9.08. The molecule has 0 aromatic rings. The average Bonchev–Trinajstić information content (AvgIpc) is 3.01. The molecule has 186 valence electrons. The first-order chi connectivity index (χ1) is 15.9. The van der Waals surface area contributed by atoms with Crippen molar-refractivity contribution in [3.63, 3.8) is 0 Å². The lowest BCUT2D eigenvalue weighted by molar-refractivity contribution is -0.156. The van der Waals surface area contributed by atoms with Crippen molar-refractivity contribution >= 4 is 23.5 Å². The first-order valence-electron chi connectivity index (χ1n) is 12.1. The topological polar surface area (TPSA) is 118 Å². The minimum absolute atomic E-state index is 0.00946. The van der Waals surface area contributed by atoms with Crippen LogP contribution in [0.1, 0.15) is 52.9 Å². The molecular formula is C26H33FO7. The van der Waals surface area contributed by atoms with E-state index in [0.29, 0.717) is 18.4 Å². The molecule has 0 heterocycles. The van der Waals surface area contributed by atoms with E-state index >= 15 is 4.39 Å². The molecule has 4 rings (SSSR count). The number of alkyl halides is 1. The Morgan fingerprint density at radius 2 is 1.91 bits per heavy atom. The summed E-state index contributed by atoms with van der Waals surface area (Å²) in [5.74, 6) is -3.19. The van der Waals surface area contributed by atoms with Gasteiger partial charge in [-0.3, -0.25) is 19.2 Å². The lowest BCUT2D eigenvalue weighted by Crippen LogP contribution is -2.58. The van der Waals surface area contributed by atoms with E-state index in [4.69, 9.17) is 9.84 Å². The van der Waals surface area contributed by atoms with Crippen LogP contribution in [0.2, 0.25) is 0 Å².